The zero-order valence-corrected chi connectivity index (χ0v) is 15.5. The van der Waals surface area contributed by atoms with Crippen LogP contribution in [-0.4, -0.2) is 12.5 Å². The highest BCUT2D eigenvalue weighted by Gasteiger charge is 2.18. The van der Waals surface area contributed by atoms with Crippen molar-refractivity contribution in [2.45, 2.75) is 19.6 Å². The van der Waals surface area contributed by atoms with Crippen molar-refractivity contribution in [1.29, 1.82) is 0 Å². The third-order valence-electron chi connectivity index (χ3n) is 3.91. The summed E-state index contributed by atoms with van der Waals surface area (Å²) >= 11 is 12.0. The van der Waals surface area contributed by atoms with E-state index < -0.39 is 0 Å². The molecule has 1 aromatic carbocycles. The van der Waals surface area contributed by atoms with E-state index in [4.69, 9.17) is 32.0 Å². The van der Waals surface area contributed by atoms with Gasteiger partial charge in [0.25, 0.3) is 5.91 Å². The number of quaternary nitrogens is 1. The minimum Gasteiger partial charge on any atom is -0.463 e. The van der Waals surface area contributed by atoms with Crippen LogP contribution in [0.15, 0.2) is 63.8 Å². The minimum absolute atomic E-state index is 0.0795. The van der Waals surface area contributed by atoms with E-state index in [2.05, 4.69) is 5.32 Å². The van der Waals surface area contributed by atoms with Crippen LogP contribution in [0.2, 0.25) is 10.0 Å². The van der Waals surface area contributed by atoms with Crippen LogP contribution in [-0.2, 0) is 24.4 Å². The second-order valence-electron chi connectivity index (χ2n) is 5.95. The number of amides is 1. The first-order valence-electron chi connectivity index (χ1n) is 8.19. The van der Waals surface area contributed by atoms with Crippen LogP contribution in [0.3, 0.4) is 0 Å². The average molecular weight is 394 g/mol. The predicted octanol–water partition coefficient (Wildman–Crippen LogP) is 3.08. The molecule has 5 nitrogen and oxygen atoms in total. The Bertz CT molecular complexity index is 796. The lowest BCUT2D eigenvalue weighted by Crippen LogP contribution is -3.10. The molecule has 0 atom stereocenters. The van der Waals surface area contributed by atoms with Gasteiger partial charge in [-0.25, -0.2) is 0 Å². The number of nitrogens with one attached hydrogen (secondary N) is 2. The molecule has 2 heterocycles. The molecule has 136 valence electrons. The highest BCUT2D eigenvalue weighted by molar-refractivity contribution is 6.35. The number of hydrogen-bond acceptors (Lipinski definition) is 3. The van der Waals surface area contributed by atoms with E-state index in [1.165, 1.54) is 0 Å². The number of carbonyl (C=O) groups is 1. The van der Waals surface area contributed by atoms with Crippen molar-refractivity contribution in [2.24, 2.45) is 0 Å². The molecular formula is C19H19Cl2N2O3+. The summed E-state index contributed by atoms with van der Waals surface area (Å²) in [5, 5.41) is 4.00. The summed E-state index contributed by atoms with van der Waals surface area (Å²) in [5.41, 5.74) is 0.822. The quantitative estimate of drug-likeness (QED) is 0.618. The predicted molar refractivity (Wildman–Crippen MR) is 99.0 cm³/mol. The molecule has 2 N–H and O–H groups in total. The average Bonchev–Trinajstić information content (AvgIpc) is 3.28. The Morgan fingerprint density at radius 3 is 2.19 bits per heavy atom. The fourth-order valence-corrected chi connectivity index (χ4v) is 3.13. The van der Waals surface area contributed by atoms with Gasteiger partial charge in [0.05, 0.1) is 12.5 Å². The number of furan rings is 2. The second kappa shape index (κ2) is 8.94. The van der Waals surface area contributed by atoms with Crippen molar-refractivity contribution < 1.29 is 18.5 Å². The molecule has 1 amide bonds. The maximum atomic E-state index is 12.4. The standard InChI is InChI=1S/C19H18Cl2N2O3/c20-15-6-5-14(18(21)9-15)10-22-19(24)13-23(11-16-3-1-7-25-16)12-17-4-2-8-26-17/h1-9H,10-13H2,(H,22,24)/p+1. The van der Waals surface area contributed by atoms with Crippen molar-refractivity contribution in [1.82, 2.24) is 5.32 Å². The summed E-state index contributed by atoms with van der Waals surface area (Å²) < 4.78 is 10.8. The van der Waals surface area contributed by atoms with Gasteiger partial charge in [-0.15, -0.1) is 0 Å². The van der Waals surface area contributed by atoms with Gasteiger partial charge in [0.15, 0.2) is 18.1 Å². The summed E-state index contributed by atoms with van der Waals surface area (Å²) in [6, 6.07) is 12.7. The number of rotatable bonds is 8. The van der Waals surface area contributed by atoms with E-state index in [-0.39, 0.29) is 12.5 Å². The highest BCUT2D eigenvalue weighted by atomic mass is 35.5. The molecule has 0 radical (unpaired) electrons. The van der Waals surface area contributed by atoms with Gasteiger partial charge in [0, 0.05) is 16.6 Å². The topological polar surface area (TPSA) is 59.8 Å². The molecular weight excluding hydrogens is 375 g/mol. The second-order valence-corrected chi connectivity index (χ2v) is 6.80. The number of carbonyl (C=O) groups excluding carboxylic acids is 1. The van der Waals surface area contributed by atoms with Crippen LogP contribution in [0.4, 0.5) is 0 Å². The van der Waals surface area contributed by atoms with Gasteiger partial charge in [-0.2, -0.15) is 0 Å². The third-order valence-corrected chi connectivity index (χ3v) is 4.50. The molecule has 3 rings (SSSR count). The van der Waals surface area contributed by atoms with Crippen molar-refractivity contribution >= 4 is 29.1 Å². The normalized spacial score (nSPS) is 11.0. The van der Waals surface area contributed by atoms with Gasteiger partial charge < -0.3 is 19.1 Å². The molecule has 0 saturated heterocycles. The van der Waals surface area contributed by atoms with Gasteiger partial charge >= 0.3 is 0 Å². The lowest BCUT2D eigenvalue weighted by atomic mass is 10.2. The van der Waals surface area contributed by atoms with E-state index >= 15 is 0 Å². The lowest BCUT2D eigenvalue weighted by molar-refractivity contribution is -0.921. The zero-order valence-electron chi connectivity index (χ0n) is 14.0. The highest BCUT2D eigenvalue weighted by Crippen LogP contribution is 2.20. The Labute approximate surface area is 161 Å². The monoisotopic (exact) mass is 393 g/mol. The molecule has 0 unspecified atom stereocenters. The first kappa shape index (κ1) is 18.6. The Kier molecular flexibility index (Phi) is 6.39. The van der Waals surface area contributed by atoms with E-state index in [0.29, 0.717) is 29.7 Å². The minimum atomic E-state index is -0.0795. The Balaban J connectivity index is 1.58. The van der Waals surface area contributed by atoms with Gasteiger partial charge in [0.1, 0.15) is 13.1 Å². The van der Waals surface area contributed by atoms with Crippen LogP contribution in [0, 0.1) is 0 Å². The van der Waals surface area contributed by atoms with E-state index in [9.17, 15) is 4.79 Å². The molecule has 2 aromatic heterocycles. The molecule has 0 aliphatic carbocycles. The number of halogens is 2. The summed E-state index contributed by atoms with van der Waals surface area (Å²) in [7, 11) is 0. The van der Waals surface area contributed by atoms with E-state index in [0.717, 1.165) is 22.0 Å². The maximum absolute atomic E-state index is 12.4. The van der Waals surface area contributed by atoms with Gasteiger partial charge in [-0.1, -0.05) is 29.3 Å². The van der Waals surface area contributed by atoms with Gasteiger partial charge in [0.2, 0.25) is 0 Å². The Hall–Kier alpha value is -2.21. The summed E-state index contributed by atoms with van der Waals surface area (Å²) in [6.07, 6.45) is 3.25. The number of hydrogen-bond donors (Lipinski definition) is 2. The Morgan fingerprint density at radius 1 is 1.00 bits per heavy atom. The van der Waals surface area contributed by atoms with Crippen molar-refractivity contribution in [2.75, 3.05) is 6.54 Å². The van der Waals surface area contributed by atoms with Crippen LogP contribution >= 0.6 is 23.2 Å². The fourth-order valence-electron chi connectivity index (χ4n) is 2.66. The summed E-state index contributed by atoms with van der Waals surface area (Å²) in [6.45, 7) is 1.81. The van der Waals surface area contributed by atoms with Crippen LogP contribution in [0.25, 0.3) is 0 Å². The van der Waals surface area contributed by atoms with Crippen molar-refractivity contribution in [3.8, 4) is 0 Å². The molecule has 0 bridgehead atoms. The first-order chi connectivity index (χ1) is 12.6. The van der Waals surface area contributed by atoms with Gasteiger partial charge in [-0.05, 0) is 42.0 Å². The molecule has 0 fully saturated rings. The maximum Gasteiger partial charge on any atom is 0.275 e. The number of benzene rings is 1. The summed E-state index contributed by atoms with van der Waals surface area (Å²) in [5.74, 6) is 1.56. The van der Waals surface area contributed by atoms with Crippen molar-refractivity contribution in [3.05, 3.63) is 82.1 Å². The third kappa shape index (κ3) is 5.39. The van der Waals surface area contributed by atoms with Crippen molar-refractivity contribution in [3.63, 3.8) is 0 Å². The molecule has 0 saturated carbocycles. The SMILES string of the molecule is O=C(C[NH+](Cc1ccco1)Cc1ccco1)NCc1ccc(Cl)cc1Cl. The summed E-state index contributed by atoms with van der Waals surface area (Å²) in [4.78, 5) is 13.4. The molecule has 0 aliphatic rings. The molecule has 3 aromatic rings. The molecule has 0 aliphatic heterocycles. The fraction of sp³-hybridized carbons (Fsp3) is 0.211. The molecule has 0 spiro atoms. The molecule has 26 heavy (non-hydrogen) atoms. The van der Waals surface area contributed by atoms with Crippen LogP contribution in [0.5, 0.6) is 0 Å². The largest absolute Gasteiger partial charge is 0.463 e. The smallest absolute Gasteiger partial charge is 0.275 e. The van der Waals surface area contributed by atoms with E-state index in [1.54, 1.807) is 30.7 Å². The zero-order chi connectivity index (χ0) is 18.4. The first-order valence-corrected chi connectivity index (χ1v) is 8.94. The van der Waals surface area contributed by atoms with E-state index in [1.807, 2.05) is 24.3 Å². The van der Waals surface area contributed by atoms with Gasteiger partial charge in [-0.3, -0.25) is 4.79 Å². The Morgan fingerprint density at radius 2 is 1.65 bits per heavy atom. The van der Waals surface area contributed by atoms with Crippen LogP contribution in [0.1, 0.15) is 17.1 Å². The van der Waals surface area contributed by atoms with Crippen LogP contribution < -0.4 is 10.2 Å². The lowest BCUT2D eigenvalue weighted by Gasteiger charge is -2.17. The molecule has 7 heteroatoms.